The molecule has 1 aliphatic heterocycles. The van der Waals surface area contributed by atoms with E-state index in [1.807, 2.05) is 19.3 Å². The number of aryl methyl sites for hydroxylation is 1. The van der Waals surface area contributed by atoms with Crippen LogP contribution in [-0.4, -0.2) is 48.8 Å². The molecule has 124 valence electrons. The fraction of sp³-hybridized carbons (Fsp3) is 0.688. The third-order valence-corrected chi connectivity index (χ3v) is 4.29. The molecule has 1 atom stereocenters. The van der Waals surface area contributed by atoms with Crippen molar-refractivity contribution in [3.05, 3.63) is 23.0 Å². The maximum atomic E-state index is 6.06. The van der Waals surface area contributed by atoms with Gasteiger partial charge in [0.05, 0.1) is 24.7 Å². The van der Waals surface area contributed by atoms with E-state index in [4.69, 9.17) is 21.3 Å². The van der Waals surface area contributed by atoms with E-state index < -0.39 is 0 Å². The fourth-order valence-corrected chi connectivity index (χ4v) is 2.88. The lowest BCUT2D eigenvalue weighted by Crippen LogP contribution is -2.39. The van der Waals surface area contributed by atoms with Crippen LogP contribution in [0.1, 0.15) is 26.0 Å². The monoisotopic (exact) mass is 326 g/mol. The highest BCUT2D eigenvalue weighted by atomic mass is 35.5. The molecule has 1 aromatic rings. The molecule has 1 saturated heterocycles. The average molecular weight is 327 g/mol. The second-order valence-corrected chi connectivity index (χ2v) is 6.84. The highest BCUT2D eigenvalue weighted by Crippen LogP contribution is 2.28. The number of nitrogens with zero attached hydrogens (tertiary/aromatic N) is 3. The van der Waals surface area contributed by atoms with E-state index in [2.05, 4.69) is 35.7 Å². The van der Waals surface area contributed by atoms with Crippen LogP contribution in [0, 0.1) is 5.41 Å². The Bertz CT molecular complexity index is 520. The van der Waals surface area contributed by atoms with Gasteiger partial charge >= 0.3 is 0 Å². The van der Waals surface area contributed by atoms with Gasteiger partial charge in [0.1, 0.15) is 0 Å². The van der Waals surface area contributed by atoms with Crippen molar-refractivity contribution >= 4 is 17.6 Å². The van der Waals surface area contributed by atoms with Crippen molar-refractivity contribution < 1.29 is 4.74 Å². The molecule has 0 aliphatic carbocycles. The molecule has 0 radical (unpaired) electrons. The Morgan fingerprint density at radius 3 is 2.91 bits per heavy atom. The van der Waals surface area contributed by atoms with Crippen LogP contribution in [0.4, 0.5) is 0 Å². The average Bonchev–Trinajstić information content (AvgIpc) is 3.01. The van der Waals surface area contributed by atoms with Crippen LogP contribution in [0.5, 0.6) is 0 Å². The molecule has 0 amide bonds. The molecular formula is C16H27ClN4O. The van der Waals surface area contributed by atoms with Crippen molar-refractivity contribution in [3.63, 3.8) is 0 Å². The highest BCUT2D eigenvalue weighted by Gasteiger charge is 2.29. The Kier molecular flexibility index (Phi) is 5.75. The van der Waals surface area contributed by atoms with E-state index in [0.717, 1.165) is 55.9 Å². The zero-order valence-corrected chi connectivity index (χ0v) is 14.8. The molecule has 1 unspecified atom stereocenters. The van der Waals surface area contributed by atoms with Gasteiger partial charge in [-0.05, 0) is 19.4 Å². The smallest absolute Gasteiger partial charge is 0.194 e. The maximum Gasteiger partial charge on any atom is 0.194 e. The lowest BCUT2D eigenvalue weighted by molar-refractivity contribution is 0.162. The molecule has 2 heterocycles. The Labute approximate surface area is 138 Å². The number of aromatic nitrogens is 1. The summed E-state index contributed by atoms with van der Waals surface area (Å²) >= 11 is 6.06. The van der Waals surface area contributed by atoms with Gasteiger partial charge in [-0.1, -0.05) is 18.5 Å². The first-order valence-corrected chi connectivity index (χ1v) is 8.19. The molecule has 1 aliphatic rings. The first-order valence-electron chi connectivity index (χ1n) is 7.81. The van der Waals surface area contributed by atoms with Gasteiger partial charge in [-0.15, -0.1) is 0 Å². The van der Waals surface area contributed by atoms with Gasteiger partial charge in [0.2, 0.25) is 0 Å². The molecule has 6 heteroatoms. The normalized spacial score (nSPS) is 22.1. The number of nitrogens with one attached hydrogen (secondary N) is 1. The molecule has 1 fully saturated rings. The predicted molar refractivity (Wildman–Crippen MR) is 91.4 cm³/mol. The molecule has 22 heavy (non-hydrogen) atoms. The first kappa shape index (κ1) is 17.2. The van der Waals surface area contributed by atoms with Crippen LogP contribution in [0.2, 0.25) is 5.02 Å². The van der Waals surface area contributed by atoms with Crippen LogP contribution in [0.15, 0.2) is 17.3 Å². The van der Waals surface area contributed by atoms with Gasteiger partial charge in [-0.3, -0.25) is 4.99 Å². The Hall–Kier alpha value is -1.20. The van der Waals surface area contributed by atoms with Crippen molar-refractivity contribution in [2.24, 2.45) is 17.5 Å². The number of aliphatic imine (C=N–C) groups is 1. The number of rotatable bonds is 5. The van der Waals surface area contributed by atoms with Crippen LogP contribution in [-0.2, 0) is 18.3 Å². The SMILES string of the molecule is CCNC(=NCC1(C)CCOC1)N(C)Cc1cc(Cl)cn1C. The lowest BCUT2D eigenvalue weighted by atomic mass is 9.90. The summed E-state index contributed by atoms with van der Waals surface area (Å²) in [6.07, 6.45) is 3.00. The predicted octanol–water partition coefficient (Wildman–Crippen LogP) is 2.50. The minimum atomic E-state index is 0.162. The standard InChI is InChI=1S/C16H27ClN4O/c1-5-18-15(19-11-16(2)6-7-22-12-16)21(4)10-14-8-13(17)9-20(14)3/h8-9H,5-7,10-12H2,1-4H3,(H,18,19). The molecule has 5 nitrogen and oxygen atoms in total. The van der Waals surface area contributed by atoms with E-state index in [-0.39, 0.29) is 5.41 Å². The minimum absolute atomic E-state index is 0.162. The summed E-state index contributed by atoms with van der Waals surface area (Å²) in [4.78, 5) is 6.94. The second kappa shape index (κ2) is 7.38. The number of hydrogen-bond donors (Lipinski definition) is 1. The van der Waals surface area contributed by atoms with Gasteiger partial charge in [-0.25, -0.2) is 0 Å². The molecule has 1 N–H and O–H groups in total. The number of guanidine groups is 1. The maximum absolute atomic E-state index is 6.06. The van der Waals surface area contributed by atoms with E-state index in [0.29, 0.717) is 0 Å². The second-order valence-electron chi connectivity index (χ2n) is 6.40. The quantitative estimate of drug-likeness (QED) is 0.667. The van der Waals surface area contributed by atoms with Crippen LogP contribution in [0.3, 0.4) is 0 Å². The first-order chi connectivity index (χ1) is 10.4. The summed E-state index contributed by atoms with van der Waals surface area (Å²) in [7, 11) is 4.06. The highest BCUT2D eigenvalue weighted by molar-refractivity contribution is 6.30. The van der Waals surface area contributed by atoms with Gasteiger partial charge < -0.3 is 19.5 Å². The van der Waals surface area contributed by atoms with Gasteiger partial charge in [0.15, 0.2) is 5.96 Å². The van der Waals surface area contributed by atoms with Crippen molar-refractivity contribution in [3.8, 4) is 0 Å². The fourth-order valence-electron chi connectivity index (χ4n) is 2.61. The third-order valence-electron chi connectivity index (χ3n) is 4.08. The lowest BCUT2D eigenvalue weighted by Gasteiger charge is -2.25. The molecule has 0 bridgehead atoms. The number of ether oxygens (including phenoxy) is 1. The zero-order chi connectivity index (χ0) is 16.2. The van der Waals surface area contributed by atoms with Crippen LogP contribution >= 0.6 is 11.6 Å². The van der Waals surface area contributed by atoms with Crippen molar-refractivity contribution in [1.82, 2.24) is 14.8 Å². The summed E-state index contributed by atoms with van der Waals surface area (Å²) in [6.45, 7) is 8.38. The summed E-state index contributed by atoms with van der Waals surface area (Å²) in [6, 6.07) is 1.99. The number of hydrogen-bond acceptors (Lipinski definition) is 2. The van der Waals surface area contributed by atoms with Crippen molar-refractivity contribution in [2.75, 3.05) is 33.4 Å². The molecule has 1 aromatic heterocycles. The Morgan fingerprint density at radius 2 is 2.36 bits per heavy atom. The van der Waals surface area contributed by atoms with Crippen LogP contribution < -0.4 is 5.32 Å². The van der Waals surface area contributed by atoms with Crippen molar-refractivity contribution in [2.45, 2.75) is 26.8 Å². The number of halogens is 1. The molecular weight excluding hydrogens is 300 g/mol. The van der Waals surface area contributed by atoms with E-state index in [1.54, 1.807) is 0 Å². The topological polar surface area (TPSA) is 41.8 Å². The Morgan fingerprint density at radius 1 is 1.59 bits per heavy atom. The molecule has 0 spiro atoms. The third kappa shape index (κ3) is 4.40. The summed E-state index contributed by atoms with van der Waals surface area (Å²) < 4.78 is 7.56. The van der Waals surface area contributed by atoms with Crippen molar-refractivity contribution in [1.29, 1.82) is 0 Å². The molecule has 0 saturated carbocycles. The zero-order valence-electron chi connectivity index (χ0n) is 14.0. The largest absolute Gasteiger partial charge is 0.381 e. The minimum Gasteiger partial charge on any atom is -0.381 e. The molecule has 0 aromatic carbocycles. The summed E-state index contributed by atoms with van der Waals surface area (Å²) in [5, 5.41) is 4.13. The summed E-state index contributed by atoms with van der Waals surface area (Å²) in [5.74, 6) is 0.924. The van der Waals surface area contributed by atoms with Crippen LogP contribution in [0.25, 0.3) is 0 Å². The molecule has 2 rings (SSSR count). The van der Waals surface area contributed by atoms with E-state index in [1.165, 1.54) is 0 Å². The van der Waals surface area contributed by atoms with Gasteiger partial charge in [-0.2, -0.15) is 0 Å². The van der Waals surface area contributed by atoms with E-state index in [9.17, 15) is 0 Å². The van der Waals surface area contributed by atoms with E-state index >= 15 is 0 Å². The summed E-state index contributed by atoms with van der Waals surface area (Å²) in [5.41, 5.74) is 1.32. The Balaban J connectivity index is 2.04. The van der Waals surface area contributed by atoms with Gasteiger partial charge in [0.25, 0.3) is 0 Å². The van der Waals surface area contributed by atoms with Gasteiger partial charge in [0, 0.05) is 44.6 Å².